The lowest BCUT2D eigenvalue weighted by molar-refractivity contribution is -0.122. The largest absolute Gasteiger partial charge is 0.472 e. The van der Waals surface area contributed by atoms with Gasteiger partial charge < -0.3 is 19.7 Å². The number of nitrogens with zero attached hydrogens (tertiary/aromatic N) is 4. The summed E-state index contributed by atoms with van der Waals surface area (Å²) in [6.45, 7) is 9.38. The summed E-state index contributed by atoms with van der Waals surface area (Å²) in [6, 6.07) is 11.7. The van der Waals surface area contributed by atoms with Gasteiger partial charge in [-0.15, -0.1) is 0 Å². The van der Waals surface area contributed by atoms with E-state index in [-0.39, 0.29) is 42.2 Å². The molecule has 2 atom stereocenters. The van der Waals surface area contributed by atoms with Gasteiger partial charge in [-0.3, -0.25) is 4.79 Å². The molecule has 13 heteroatoms. The van der Waals surface area contributed by atoms with E-state index in [1.807, 2.05) is 32.0 Å². The number of benzene rings is 1. The molecule has 0 radical (unpaired) electrons. The number of hydrogen-bond acceptors (Lipinski definition) is 9. The molecule has 4 heterocycles. The molecule has 1 aromatic carbocycles. The molecule has 2 N–H and O–H groups in total. The molecule has 2 amide bonds. The van der Waals surface area contributed by atoms with Gasteiger partial charge in [-0.05, 0) is 64.3 Å². The average Bonchev–Trinajstić information content (AvgIpc) is 2.87. The summed E-state index contributed by atoms with van der Waals surface area (Å²) < 4.78 is 40.8. The van der Waals surface area contributed by atoms with Crippen LogP contribution in [0.1, 0.15) is 38.3 Å². The molecule has 0 unspecified atom stereocenters. The third-order valence-electron chi connectivity index (χ3n) is 6.64. The summed E-state index contributed by atoms with van der Waals surface area (Å²) in [7, 11) is -4.22. The Balaban J connectivity index is 1.62. The van der Waals surface area contributed by atoms with Crippen molar-refractivity contribution >= 4 is 33.8 Å². The van der Waals surface area contributed by atoms with Crippen molar-refractivity contribution < 1.29 is 27.5 Å². The van der Waals surface area contributed by atoms with E-state index in [1.54, 1.807) is 26.8 Å². The zero-order valence-corrected chi connectivity index (χ0v) is 24.3. The SMILES string of the molecule is Cc1cccc(C)c1-c1cc2nc(n1)NS(=O)(=O)c1cccc(n1)NC(=O)[C@H]1C[C@H](CN(C(=O)OC(C)(C)C)C1)O2. The van der Waals surface area contributed by atoms with Crippen molar-refractivity contribution in [3.8, 4) is 17.1 Å². The molecule has 1 fully saturated rings. The van der Waals surface area contributed by atoms with Crippen LogP contribution in [0.15, 0.2) is 47.5 Å². The summed E-state index contributed by atoms with van der Waals surface area (Å²) in [4.78, 5) is 40.8. The maximum absolute atomic E-state index is 13.3. The highest BCUT2D eigenvalue weighted by molar-refractivity contribution is 7.92. The van der Waals surface area contributed by atoms with Gasteiger partial charge in [-0.2, -0.15) is 13.4 Å². The van der Waals surface area contributed by atoms with Gasteiger partial charge in [0.25, 0.3) is 10.0 Å². The summed E-state index contributed by atoms with van der Waals surface area (Å²) in [5.41, 5.74) is 2.38. The topological polar surface area (TPSA) is 153 Å². The van der Waals surface area contributed by atoms with Crippen molar-refractivity contribution in [3.05, 3.63) is 53.6 Å². The Hall–Kier alpha value is -4.26. The smallest absolute Gasteiger partial charge is 0.410 e. The van der Waals surface area contributed by atoms with Gasteiger partial charge in [0.05, 0.1) is 18.2 Å². The number of carbonyl (C=O) groups is 2. The van der Waals surface area contributed by atoms with Gasteiger partial charge in [-0.1, -0.05) is 24.3 Å². The second kappa shape index (κ2) is 10.6. The van der Waals surface area contributed by atoms with Gasteiger partial charge in [0.15, 0.2) is 5.03 Å². The lowest BCUT2D eigenvalue weighted by Crippen LogP contribution is -2.52. The minimum absolute atomic E-state index is 0.0488. The van der Waals surface area contributed by atoms with E-state index >= 15 is 0 Å². The number of nitrogens with one attached hydrogen (secondary N) is 2. The Morgan fingerprint density at radius 1 is 1.05 bits per heavy atom. The van der Waals surface area contributed by atoms with E-state index in [0.717, 1.165) is 16.7 Å². The van der Waals surface area contributed by atoms with Crippen molar-refractivity contribution in [1.29, 1.82) is 0 Å². The van der Waals surface area contributed by atoms with Crippen LogP contribution in [0.2, 0.25) is 0 Å². The normalized spacial score (nSPS) is 20.1. The van der Waals surface area contributed by atoms with Crippen LogP contribution in [0.4, 0.5) is 16.6 Å². The summed E-state index contributed by atoms with van der Waals surface area (Å²) in [5.74, 6) is -1.19. The fourth-order valence-electron chi connectivity index (χ4n) is 4.89. The van der Waals surface area contributed by atoms with Crippen molar-refractivity contribution in [3.63, 3.8) is 0 Å². The van der Waals surface area contributed by atoms with E-state index < -0.39 is 39.6 Å². The molecule has 6 bridgehead atoms. The van der Waals surface area contributed by atoms with E-state index in [4.69, 9.17) is 9.47 Å². The third-order valence-corrected chi connectivity index (χ3v) is 7.87. The number of ether oxygens (including phenoxy) is 2. The Morgan fingerprint density at radius 3 is 2.46 bits per heavy atom. The minimum atomic E-state index is -4.22. The first-order valence-corrected chi connectivity index (χ1v) is 14.7. The van der Waals surface area contributed by atoms with Crippen LogP contribution in [-0.2, 0) is 19.6 Å². The molecular formula is C28H32N6O6S. The number of aromatic nitrogens is 3. The van der Waals surface area contributed by atoms with Gasteiger partial charge in [0.1, 0.15) is 17.5 Å². The number of piperidine rings is 1. The van der Waals surface area contributed by atoms with Crippen molar-refractivity contribution in [2.45, 2.75) is 57.8 Å². The van der Waals surface area contributed by atoms with E-state index in [9.17, 15) is 18.0 Å². The summed E-state index contributed by atoms with van der Waals surface area (Å²) in [6.07, 6.45) is -0.953. The number of rotatable bonds is 1. The van der Waals surface area contributed by atoms with Gasteiger partial charge in [0, 0.05) is 18.2 Å². The van der Waals surface area contributed by atoms with Gasteiger partial charge >= 0.3 is 6.09 Å². The molecular weight excluding hydrogens is 548 g/mol. The van der Waals surface area contributed by atoms with Crippen molar-refractivity contribution in [2.24, 2.45) is 5.92 Å². The zero-order valence-electron chi connectivity index (χ0n) is 23.5. The van der Waals surface area contributed by atoms with Crippen LogP contribution >= 0.6 is 0 Å². The number of amides is 2. The Morgan fingerprint density at radius 2 is 1.76 bits per heavy atom. The highest BCUT2D eigenvalue weighted by Gasteiger charge is 2.37. The van der Waals surface area contributed by atoms with Crippen molar-refractivity contribution in [2.75, 3.05) is 23.1 Å². The van der Waals surface area contributed by atoms with Crippen molar-refractivity contribution in [1.82, 2.24) is 19.9 Å². The predicted octanol–water partition coefficient (Wildman–Crippen LogP) is 3.91. The second-order valence-corrected chi connectivity index (χ2v) is 12.8. The number of fused-ring (bicyclic) bond motifs is 6. The Bertz CT molecular complexity index is 1600. The van der Waals surface area contributed by atoms with E-state index in [1.165, 1.54) is 23.1 Å². The maximum atomic E-state index is 13.3. The molecule has 12 nitrogen and oxygen atoms in total. The Kier molecular flexibility index (Phi) is 7.32. The molecule has 1 saturated heterocycles. The molecule has 3 aromatic rings. The third kappa shape index (κ3) is 6.40. The zero-order chi connectivity index (χ0) is 29.5. The molecule has 2 aliphatic heterocycles. The molecule has 5 rings (SSSR count). The fraction of sp³-hybridized carbons (Fsp3) is 0.393. The number of anilines is 2. The number of sulfonamides is 1. The van der Waals surface area contributed by atoms with Gasteiger partial charge in [-0.25, -0.2) is 19.5 Å². The summed E-state index contributed by atoms with van der Waals surface area (Å²) >= 11 is 0. The van der Waals surface area contributed by atoms with Crippen LogP contribution in [-0.4, -0.2) is 65.1 Å². The number of likely N-dealkylation sites (tertiary alicyclic amines) is 1. The number of aryl methyl sites for hydroxylation is 2. The molecule has 0 spiro atoms. The molecule has 2 aromatic heterocycles. The molecule has 216 valence electrons. The molecule has 0 saturated carbocycles. The number of hydrogen-bond donors (Lipinski definition) is 2. The highest BCUT2D eigenvalue weighted by Crippen LogP contribution is 2.31. The number of carbonyl (C=O) groups excluding carboxylic acids is 2. The summed E-state index contributed by atoms with van der Waals surface area (Å²) in [5, 5.41) is 2.35. The van der Waals surface area contributed by atoms with E-state index in [2.05, 4.69) is 25.0 Å². The molecule has 0 aliphatic carbocycles. The van der Waals surface area contributed by atoms with Gasteiger partial charge in [0.2, 0.25) is 17.7 Å². The average molecular weight is 581 g/mol. The maximum Gasteiger partial charge on any atom is 0.410 e. The first-order chi connectivity index (χ1) is 19.3. The molecule has 41 heavy (non-hydrogen) atoms. The standard InChI is InChI=1S/C28H32N6O6S/c1-16-8-6-9-17(2)24(16)20-13-22-32-26(29-20)33-41(37,38)23-11-7-10-21(30-23)31-25(35)18-12-19(39-22)15-34(14-18)27(36)40-28(3,4)5/h6-11,13,18-19H,12,14-15H2,1-5H3,(H,29,32,33)(H,30,31,35)/t18-,19+/m0/s1. The van der Waals surface area contributed by atoms with E-state index in [0.29, 0.717) is 5.69 Å². The van der Waals surface area contributed by atoms with Crippen LogP contribution in [0.5, 0.6) is 5.88 Å². The lowest BCUT2D eigenvalue weighted by atomic mass is 9.95. The van der Waals surface area contributed by atoms with Crippen LogP contribution in [0.25, 0.3) is 11.3 Å². The predicted molar refractivity (Wildman–Crippen MR) is 151 cm³/mol. The highest BCUT2D eigenvalue weighted by atomic mass is 32.2. The van der Waals surface area contributed by atoms with Crippen LogP contribution in [0, 0.1) is 19.8 Å². The quantitative estimate of drug-likeness (QED) is 0.436. The first-order valence-electron chi connectivity index (χ1n) is 13.2. The first kappa shape index (κ1) is 28.3. The minimum Gasteiger partial charge on any atom is -0.472 e. The second-order valence-electron chi connectivity index (χ2n) is 11.2. The van der Waals surface area contributed by atoms with Crippen LogP contribution in [0.3, 0.4) is 0 Å². The Labute approximate surface area is 238 Å². The molecule has 2 aliphatic rings. The van der Waals surface area contributed by atoms with Crippen LogP contribution < -0.4 is 14.8 Å². The monoisotopic (exact) mass is 580 g/mol. The lowest BCUT2D eigenvalue weighted by Gasteiger charge is -2.37. The fourth-order valence-corrected chi connectivity index (χ4v) is 5.80. The number of pyridine rings is 1.